The summed E-state index contributed by atoms with van der Waals surface area (Å²) in [6.07, 6.45) is 0. The van der Waals surface area contributed by atoms with Gasteiger partial charge in [-0.1, -0.05) is 31.2 Å². The van der Waals surface area contributed by atoms with Crippen molar-refractivity contribution in [2.24, 2.45) is 5.92 Å². The van der Waals surface area contributed by atoms with E-state index < -0.39 is 0 Å². The van der Waals surface area contributed by atoms with Crippen LogP contribution in [-0.4, -0.2) is 18.8 Å². The third kappa shape index (κ3) is 3.89. The maximum absolute atomic E-state index is 11.2. The summed E-state index contributed by atoms with van der Waals surface area (Å²) in [4.78, 5) is 11.2. The fourth-order valence-corrected chi connectivity index (χ4v) is 2.54. The zero-order chi connectivity index (χ0) is 12.0. The summed E-state index contributed by atoms with van der Waals surface area (Å²) in [6, 6.07) is 8.33. The summed E-state index contributed by atoms with van der Waals surface area (Å²) in [6.45, 7) is 4.01. The van der Waals surface area contributed by atoms with Crippen molar-refractivity contribution in [2.45, 2.75) is 19.6 Å². The molecule has 0 radical (unpaired) electrons. The van der Waals surface area contributed by atoms with Gasteiger partial charge in [0.2, 0.25) is 0 Å². The van der Waals surface area contributed by atoms with Crippen LogP contribution in [0.4, 0.5) is 0 Å². The molecule has 0 aliphatic rings. The predicted molar refractivity (Wildman–Crippen MR) is 68.5 cm³/mol. The molecule has 0 spiro atoms. The molecule has 0 aliphatic heterocycles. The smallest absolute Gasteiger partial charge is 0.309 e. The van der Waals surface area contributed by atoms with Gasteiger partial charge in [0.25, 0.3) is 0 Å². The van der Waals surface area contributed by atoms with Gasteiger partial charge in [-0.3, -0.25) is 4.79 Å². The maximum Gasteiger partial charge on any atom is 0.309 e. The summed E-state index contributed by atoms with van der Waals surface area (Å²) >= 11 is 1.77. The first-order valence-electron chi connectivity index (χ1n) is 5.35. The molecule has 16 heavy (non-hydrogen) atoms. The summed E-state index contributed by atoms with van der Waals surface area (Å²) in [5, 5.41) is 0. The molecule has 0 heterocycles. The Bertz CT molecular complexity index is 350. The molecule has 1 aromatic carbocycles. The van der Waals surface area contributed by atoms with Crippen molar-refractivity contribution >= 4 is 17.7 Å². The number of aryl methyl sites for hydroxylation is 1. The van der Waals surface area contributed by atoms with Gasteiger partial charge in [-0.2, -0.15) is 11.8 Å². The molecule has 2 nitrogen and oxygen atoms in total. The summed E-state index contributed by atoms with van der Waals surface area (Å²) in [5.74, 6) is 1.60. The Morgan fingerprint density at radius 2 is 2.12 bits per heavy atom. The first-order valence-corrected chi connectivity index (χ1v) is 6.50. The molecule has 0 saturated heterocycles. The molecule has 0 aromatic heterocycles. The lowest BCUT2D eigenvalue weighted by molar-refractivity contribution is -0.143. The molecule has 0 saturated carbocycles. The first-order chi connectivity index (χ1) is 7.65. The summed E-state index contributed by atoms with van der Waals surface area (Å²) < 4.78 is 4.69. The van der Waals surface area contributed by atoms with Crippen LogP contribution in [0.1, 0.15) is 18.1 Å². The Morgan fingerprint density at radius 3 is 2.75 bits per heavy atom. The van der Waals surface area contributed by atoms with Crippen LogP contribution in [0, 0.1) is 12.8 Å². The standard InChI is InChI=1S/C13H18O2S/c1-10-6-4-5-7-12(10)9-16-8-11(2)13(14)15-3/h4-7,11H,8-9H2,1-3H3. The Morgan fingerprint density at radius 1 is 1.44 bits per heavy atom. The number of ether oxygens (including phenoxy) is 1. The van der Waals surface area contributed by atoms with Gasteiger partial charge in [-0.15, -0.1) is 0 Å². The zero-order valence-electron chi connectivity index (χ0n) is 10.0. The highest BCUT2D eigenvalue weighted by molar-refractivity contribution is 7.98. The third-order valence-corrected chi connectivity index (χ3v) is 3.74. The van der Waals surface area contributed by atoms with E-state index in [2.05, 4.69) is 23.8 Å². The summed E-state index contributed by atoms with van der Waals surface area (Å²) in [7, 11) is 1.44. The monoisotopic (exact) mass is 238 g/mol. The fourth-order valence-electron chi connectivity index (χ4n) is 1.39. The minimum absolute atomic E-state index is 0.0287. The maximum atomic E-state index is 11.2. The lowest BCUT2D eigenvalue weighted by atomic mass is 10.1. The number of methoxy groups -OCH3 is 1. The second-order valence-electron chi connectivity index (χ2n) is 3.87. The molecule has 0 aliphatic carbocycles. The highest BCUT2D eigenvalue weighted by Gasteiger charge is 2.12. The van der Waals surface area contributed by atoms with Crippen molar-refractivity contribution in [3.8, 4) is 0 Å². The average Bonchev–Trinajstić information content (AvgIpc) is 2.30. The molecule has 3 heteroatoms. The van der Waals surface area contributed by atoms with Gasteiger partial charge >= 0.3 is 5.97 Å². The number of hydrogen-bond acceptors (Lipinski definition) is 3. The second kappa shape index (κ2) is 6.59. The van der Waals surface area contributed by atoms with Crippen LogP contribution in [0.2, 0.25) is 0 Å². The van der Waals surface area contributed by atoms with E-state index in [-0.39, 0.29) is 11.9 Å². The van der Waals surface area contributed by atoms with Gasteiger partial charge in [0.1, 0.15) is 0 Å². The van der Waals surface area contributed by atoms with Crippen molar-refractivity contribution in [2.75, 3.05) is 12.9 Å². The van der Waals surface area contributed by atoms with Crippen LogP contribution in [0.5, 0.6) is 0 Å². The number of hydrogen-bond donors (Lipinski definition) is 0. The van der Waals surface area contributed by atoms with E-state index in [1.165, 1.54) is 18.2 Å². The molecular weight excluding hydrogens is 220 g/mol. The number of benzene rings is 1. The quantitative estimate of drug-likeness (QED) is 0.738. The van der Waals surface area contributed by atoms with Gasteiger partial charge in [-0.05, 0) is 18.1 Å². The average molecular weight is 238 g/mol. The van der Waals surface area contributed by atoms with E-state index >= 15 is 0 Å². The minimum atomic E-state index is -0.128. The highest BCUT2D eigenvalue weighted by Crippen LogP contribution is 2.18. The molecule has 1 unspecified atom stereocenters. The van der Waals surface area contributed by atoms with Gasteiger partial charge in [0.05, 0.1) is 13.0 Å². The van der Waals surface area contributed by atoms with Crippen LogP contribution in [0.3, 0.4) is 0 Å². The lowest BCUT2D eigenvalue weighted by Gasteiger charge is -2.09. The van der Waals surface area contributed by atoms with Gasteiger partial charge in [0, 0.05) is 11.5 Å². The van der Waals surface area contributed by atoms with Crippen molar-refractivity contribution in [1.82, 2.24) is 0 Å². The van der Waals surface area contributed by atoms with Gasteiger partial charge in [0.15, 0.2) is 0 Å². The van der Waals surface area contributed by atoms with E-state index in [4.69, 9.17) is 0 Å². The molecule has 0 amide bonds. The SMILES string of the molecule is COC(=O)C(C)CSCc1ccccc1C. The number of rotatable bonds is 5. The molecule has 1 aromatic rings. The van der Waals surface area contributed by atoms with Crippen LogP contribution in [0.25, 0.3) is 0 Å². The van der Waals surface area contributed by atoms with E-state index in [0.29, 0.717) is 0 Å². The van der Waals surface area contributed by atoms with Crippen molar-refractivity contribution < 1.29 is 9.53 Å². The molecule has 0 bridgehead atoms. The second-order valence-corrected chi connectivity index (χ2v) is 4.90. The molecule has 1 rings (SSSR count). The number of thioether (sulfide) groups is 1. The van der Waals surface area contributed by atoms with E-state index in [1.807, 2.05) is 19.1 Å². The molecule has 88 valence electrons. The summed E-state index contributed by atoms with van der Waals surface area (Å²) in [5.41, 5.74) is 2.64. The van der Waals surface area contributed by atoms with Crippen LogP contribution in [0.15, 0.2) is 24.3 Å². The minimum Gasteiger partial charge on any atom is -0.469 e. The Balaban J connectivity index is 2.36. The molecule has 1 atom stereocenters. The van der Waals surface area contributed by atoms with E-state index in [0.717, 1.165) is 11.5 Å². The highest BCUT2D eigenvalue weighted by atomic mass is 32.2. The molecule has 0 N–H and O–H groups in total. The van der Waals surface area contributed by atoms with Gasteiger partial charge < -0.3 is 4.74 Å². The number of carbonyl (C=O) groups is 1. The normalized spacial score (nSPS) is 12.2. The van der Waals surface area contributed by atoms with E-state index in [9.17, 15) is 4.79 Å². The number of carbonyl (C=O) groups excluding carboxylic acids is 1. The van der Waals surface area contributed by atoms with Crippen molar-refractivity contribution in [3.63, 3.8) is 0 Å². The third-order valence-electron chi connectivity index (χ3n) is 2.49. The topological polar surface area (TPSA) is 26.3 Å². The van der Waals surface area contributed by atoms with Crippen LogP contribution in [-0.2, 0) is 15.3 Å². The fraction of sp³-hybridized carbons (Fsp3) is 0.462. The zero-order valence-corrected chi connectivity index (χ0v) is 10.8. The first kappa shape index (κ1) is 13.1. The predicted octanol–water partition coefficient (Wildman–Crippen LogP) is 3.04. The van der Waals surface area contributed by atoms with Crippen molar-refractivity contribution in [3.05, 3.63) is 35.4 Å². The largest absolute Gasteiger partial charge is 0.469 e. The van der Waals surface area contributed by atoms with E-state index in [1.54, 1.807) is 11.8 Å². The Labute approximate surface area is 101 Å². The Kier molecular flexibility index (Phi) is 5.39. The number of esters is 1. The van der Waals surface area contributed by atoms with Crippen molar-refractivity contribution in [1.29, 1.82) is 0 Å². The van der Waals surface area contributed by atoms with Crippen LogP contribution < -0.4 is 0 Å². The Hall–Kier alpha value is -0.960. The van der Waals surface area contributed by atoms with Gasteiger partial charge in [-0.25, -0.2) is 0 Å². The molecule has 0 fully saturated rings. The lowest BCUT2D eigenvalue weighted by Crippen LogP contribution is -2.14. The van der Waals surface area contributed by atoms with Crippen LogP contribution >= 0.6 is 11.8 Å². The molecular formula is C13H18O2S.